The first-order valence-electron chi connectivity index (χ1n) is 6.31. The van der Waals surface area contributed by atoms with E-state index in [1.165, 1.54) is 29.2 Å². The molecular formula is C15H18FNO3. The molecule has 0 aromatic heterocycles. The summed E-state index contributed by atoms with van der Waals surface area (Å²) >= 11 is 0. The van der Waals surface area contributed by atoms with Gasteiger partial charge in [-0.2, -0.15) is 0 Å². The quantitative estimate of drug-likeness (QED) is 0.593. The second-order valence-corrected chi connectivity index (χ2v) is 4.24. The van der Waals surface area contributed by atoms with Gasteiger partial charge in [0.1, 0.15) is 12.4 Å². The Labute approximate surface area is 117 Å². The van der Waals surface area contributed by atoms with Crippen LogP contribution in [0.2, 0.25) is 0 Å². The van der Waals surface area contributed by atoms with Crippen LogP contribution in [0.25, 0.3) is 0 Å². The highest BCUT2D eigenvalue weighted by atomic mass is 19.1. The van der Waals surface area contributed by atoms with Crippen LogP contribution in [-0.2, 0) is 9.53 Å². The summed E-state index contributed by atoms with van der Waals surface area (Å²) in [5.74, 6) is -1.42. The average Bonchev–Trinajstić information content (AvgIpc) is 2.40. The Morgan fingerprint density at radius 3 is 2.75 bits per heavy atom. The minimum absolute atomic E-state index is 0.186. The summed E-state index contributed by atoms with van der Waals surface area (Å²) in [6, 6.07) is 3.98. The zero-order valence-electron chi connectivity index (χ0n) is 11.7. The van der Waals surface area contributed by atoms with Crippen molar-refractivity contribution in [1.29, 1.82) is 0 Å². The fourth-order valence-electron chi connectivity index (χ4n) is 1.73. The first kappa shape index (κ1) is 15.9. The maximum Gasteiger partial charge on any atom is 0.325 e. The third kappa shape index (κ3) is 4.19. The summed E-state index contributed by atoms with van der Waals surface area (Å²) in [5.41, 5.74) is 0.880. The zero-order chi connectivity index (χ0) is 15.1. The van der Waals surface area contributed by atoms with Crippen LogP contribution in [0.4, 0.5) is 4.39 Å². The molecule has 20 heavy (non-hydrogen) atoms. The number of hydrogen-bond acceptors (Lipinski definition) is 3. The van der Waals surface area contributed by atoms with Crippen molar-refractivity contribution < 1.29 is 18.7 Å². The Morgan fingerprint density at radius 1 is 1.45 bits per heavy atom. The number of benzene rings is 1. The minimum Gasteiger partial charge on any atom is -0.465 e. The summed E-state index contributed by atoms with van der Waals surface area (Å²) < 4.78 is 18.1. The highest BCUT2D eigenvalue weighted by molar-refractivity contribution is 5.97. The summed E-state index contributed by atoms with van der Waals surface area (Å²) in [7, 11) is 0. The molecule has 0 aliphatic carbocycles. The molecule has 0 fully saturated rings. The Hall–Kier alpha value is -2.17. The second kappa shape index (κ2) is 7.43. The lowest BCUT2D eigenvalue weighted by Gasteiger charge is -2.21. The van der Waals surface area contributed by atoms with Gasteiger partial charge in [-0.15, -0.1) is 6.58 Å². The topological polar surface area (TPSA) is 46.6 Å². The van der Waals surface area contributed by atoms with Crippen LogP contribution in [-0.4, -0.2) is 36.5 Å². The van der Waals surface area contributed by atoms with E-state index < -0.39 is 17.7 Å². The summed E-state index contributed by atoms with van der Waals surface area (Å²) in [6.45, 7) is 7.20. The Morgan fingerprint density at radius 2 is 2.15 bits per heavy atom. The molecule has 0 heterocycles. The molecule has 0 atom stereocenters. The smallest absolute Gasteiger partial charge is 0.325 e. The van der Waals surface area contributed by atoms with Crippen molar-refractivity contribution in [2.45, 2.75) is 13.8 Å². The van der Waals surface area contributed by atoms with E-state index in [4.69, 9.17) is 4.74 Å². The fourth-order valence-corrected chi connectivity index (χ4v) is 1.73. The number of carbonyl (C=O) groups is 2. The first-order chi connectivity index (χ1) is 9.49. The molecule has 0 saturated heterocycles. The lowest BCUT2D eigenvalue weighted by atomic mass is 10.1. The standard InChI is InChI=1S/C15H18FNO3/c1-4-8-17(10-14(18)20-5-2)15(19)13-9-12(16)7-6-11(13)3/h4,6-7,9H,1,5,8,10H2,2-3H3. The third-order valence-corrected chi connectivity index (χ3v) is 2.69. The molecular weight excluding hydrogens is 261 g/mol. The van der Waals surface area contributed by atoms with Gasteiger partial charge in [-0.25, -0.2) is 4.39 Å². The number of carbonyl (C=O) groups excluding carboxylic acids is 2. The number of ether oxygens (including phenoxy) is 1. The van der Waals surface area contributed by atoms with Gasteiger partial charge in [-0.1, -0.05) is 12.1 Å². The molecule has 4 nitrogen and oxygen atoms in total. The van der Waals surface area contributed by atoms with Crippen molar-refractivity contribution in [2.75, 3.05) is 19.7 Å². The maximum absolute atomic E-state index is 13.3. The summed E-state index contributed by atoms with van der Waals surface area (Å²) in [5, 5.41) is 0. The van der Waals surface area contributed by atoms with Gasteiger partial charge in [0.05, 0.1) is 6.61 Å². The van der Waals surface area contributed by atoms with E-state index in [1.54, 1.807) is 13.8 Å². The Kier molecular flexibility index (Phi) is 5.90. The van der Waals surface area contributed by atoms with Crippen LogP contribution in [0.3, 0.4) is 0 Å². The largest absolute Gasteiger partial charge is 0.465 e. The Balaban J connectivity index is 2.95. The van der Waals surface area contributed by atoms with Crippen molar-refractivity contribution in [3.8, 4) is 0 Å². The zero-order valence-corrected chi connectivity index (χ0v) is 11.7. The lowest BCUT2D eigenvalue weighted by Crippen LogP contribution is -2.37. The van der Waals surface area contributed by atoms with E-state index in [9.17, 15) is 14.0 Å². The normalized spacial score (nSPS) is 9.95. The number of amides is 1. The average molecular weight is 279 g/mol. The molecule has 0 saturated carbocycles. The van der Waals surface area contributed by atoms with Crippen molar-refractivity contribution in [3.05, 3.63) is 47.8 Å². The number of halogens is 1. The van der Waals surface area contributed by atoms with Gasteiger partial charge in [-0.05, 0) is 31.5 Å². The van der Waals surface area contributed by atoms with E-state index in [0.29, 0.717) is 5.56 Å². The molecule has 0 aliphatic rings. The van der Waals surface area contributed by atoms with Crippen LogP contribution < -0.4 is 0 Å². The van der Waals surface area contributed by atoms with Crippen molar-refractivity contribution in [1.82, 2.24) is 4.90 Å². The van der Waals surface area contributed by atoms with E-state index in [2.05, 4.69) is 6.58 Å². The number of nitrogens with zero attached hydrogens (tertiary/aromatic N) is 1. The molecule has 0 bridgehead atoms. The first-order valence-corrected chi connectivity index (χ1v) is 6.31. The molecule has 1 aromatic carbocycles. The van der Waals surface area contributed by atoms with Gasteiger partial charge in [0.2, 0.25) is 0 Å². The second-order valence-electron chi connectivity index (χ2n) is 4.24. The number of aryl methyl sites for hydroxylation is 1. The fraction of sp³-hybridized carbons (Fsp3) is 0.333. The molecule has 0 aliphatic heterocycles. The van der Waals surface area contributed by atoms with Gasteiger partial charge in [-0.3, -0.25) is 9.59 Å². The lowest BCUT2D eigenvalue weighted by molar-refractivity contribution is -0.143. The summed E-state index contributed by atoms with van der Waals surface area (Å²) in [4.78, 5) is 25.1. The van der Waals surface area contributed by atoms with Crippen LogP contribution in [0, 0.1) is 12.7 Å². The third-order valence-electron chi connectivity index (χ3n) is 2.69. The molecule has 0 radical (unpaired) electrons. The molecule has 1 aromatic rings. The molecule has 1 amide bonds. The van der Waals surface area contributed by atoms with E-state index >= 15 is 0 Å². The van der Waals surface area contributed by atoms with Gasteiger partial charge in [0.25, 0.3) is 5.91 Å². The van der Waals surface area contributed by atoms with Gasteiger partial charge in [0.15, 0.2) is 0 Å². The van der Waals surface area contributed by atoms with E-state index in [1.807, 2.05) is 0 Å². The highest BCUT2D eigenvalue weighted by Gasteiger charge is 2.20. The molecule has 108 valence electrons. The SMILES string of the molecule is C=CCN(CC(=O)OCC)C(=O)c1cc(F)ccc1C. The Bertz CT molecular complexity index is 514. The number of hydrogen-bond donors (Lipinski definition) is 0. The van der Waals surface area contributed by atoms with Gasteiger partial charge < -0.3 is 9.64 Å². The molecule has 1 rings (SSSR count). The van der Waals surface area contributed by atoms with Crippen LogP contribution in [0.1, 0.15) is 22.8 Å². The van der Waals surface area contributed by atoms with E-state index in [0.717, 1.165) is 0 Å². The van der Waals surface area contributed by atoms with Crippen LogP contribution in [0.5, 0.6) is 0 Å². The highest BCUT2D eigenvalue weighted by Crippen LogP contribution is 2.13. The predicted octanol–water partition coefficient (Wildman–Crippen LogP) is 2.33. The van der Waals surface area contributed by atoms with Crippen LogP contribution in [0.15, 0.2) is 30.9 Å². The summed E-state index contributed by atoms with van der Waals surface area (Å²) in [6.07, 6.45) is 1.51. The molecule has 0 N–H and O–H groups in total. The maximum atomic E-state index is 13.3. The van der Waals surface area contributed by atoms with Gasteiger partial charge >= 0.3 is 5.97 Å². The number of rotatable bonds is 6. The number of esters is 1. The predicted molar refractivity (Wildman–Crippen MR) is 73.9 cm³/mol. The molecule has 5 heteroatoms. The van der Waals surface area contributed by atoms with Crippen molar-refractivity contribution in [2.24, 2.45) is 0 Å². The molecule has 0 unspecified atom stereocenters. The molecule has 0 spiro atoms. The monoisotopic (exact) mass is 279 g/mol. The van der Waals surface area contributed by atoms with Gasteiger partial charge in [0, 0.05) is 12.1 Å². The minimum atomic E-state index is -0.503. The van der Waals surface area contributed by atoms with Crippen molar-refractivity contribution >= 4 is 11.9 Å². The van der Waals surface area contributed by atoms with Crippen molar-refractivity contribution in [3.63, 3.8) is 0 Å². The van der Waals surface area contributed by atoms with Crippen LogP contribution >= 0.6 is 0 Å². The van der Waals surface area contributed by atoms with E-state index in [-0.39, 0.29) is 25.3 Å².